The first-order valence-corrected chi connectivity index (χ1v) is 8.46. The van der Waals surface area contributed by atoms with Crippen LogP contribution in [0.1, 0.15) is 18.2 Å². The molecule has 2 aromatic rings. The van der Waals surface area contributed by atoms with Crippen molar-refractivity contribution >= 4 is 5.95 Å². The molecule has 1 fully saturated rings. The van der Waals surface area contributed by atoms with Gasteiger partial charge in [-0.3, -0.25) is 0 Å². The van der Waals surface area contributed by atoms with E-state index in [4.69, 9.17) is 10.6 Å². The molecule has 3 heterocycles. The normalized spacial score (nSPS) is 17.0. The minimum absolute atomic E-state index is 0.0139. The van der Waals surface area contributed by atoms with Gasteiger partial charge in [-0.1, -0.05) is 0 Å². The van der Waals surface area contributed by atoms with E-state index in [1.54, 1.807) is 22.2 Å². The third-order valence-electron chi connectivity index (χ3n) is 3.92. The number of piperazine rings is 1. The zero-order chi connectivity index (χ0) is 19.4. The molecule has 3 rings (SSSR count). The van der Waals surface area contributed by atoms with Gasteiger partial charge in [0.05, 0.1) is 18.7 Å². The summed E-state index contributed by atoms with van der Waals surface area (Å²) >= 11 is 0. The van der Waals surface area contributed by atoms with Gasteiger partial charge in [-0.15, -0.1) is 5.06 Å². The van der Waals surface area contributed by atoms with E-state index >= 15 is 0 Å². The molecule has 1 aliphatic rings. The zero-order valence-electron chi connectivity index (χ0n) is 14.7. The summed E-state index contributed by atoms with van der Waals surface area (Å²) in [5, 5.41) is 1.70. The van der Waals surface area contributed by atoms with E-state index in [1.807, 2.05) is 6.92 Å². The van der Waals surface area contributed by atoms with Crippen LogP contribution in [-0.2, 0) is 12.6 Å². The Labute approximate surface area is 154 Å². The van der Waals surface area contributed by atoms with Gasteiger partial charge in [0, 0.05) is 49.8 Å². The fraction of sp³-hybridized carbons (Fsp3) is 0.500. The van der Waals surface area contributed by atoms with E-state index in [9.17, 15) is 13.2 Å². The van der Waals surface area contributed by atoms with Gasteiger partial charge in [0.2, 0.25) is 5.95 Å². The highest BCUT2D eigenvalue weighted by Crippen LogP contribution is 2.28. The summed E-state index contributed by atoms with van der Waals surface area (Å²) in [6, 6.07) is 2.02. The number of hydrogen-bond donors (Lipinski definition) is 1. The fourth-order valence-electron chi connectivity index (χ4n) is 2.59. The van der Waals surface area contributed by atoms with Crippen molar-refractivity contribution in [3.05, 3.63) is 35.9 Å². The molecule has 8 nitrogen and oxygen atoms in total. The number of nitrogens with zero attached hydrogens (tertiary/aromatic N) is 6. The summed E-state index contributed by atoms with van der Waals surface area (Å²) in [4.78, 5) is 23.5. The van der Waals surface area contributed by atoms with Crippen LogP contribution in [0.15, 0.2) is 24.7 Å². The van der Waals surface area contributed by atoms with Crippen molar-refractivity contribution in [3.8, 4) is 6.01 Å². The average molecular weight is 383 g/mol. The summed E-state index contributed by atoms with van der Waals surface area (Å²) in [6.07, 6.45) is -0.614. The fourth-order valence-corrected chi connectivity index (χ4v) is 2.59. The molecule has 1 unspecified atom stereocenters. The molecular weight excluding hydrogens is 363 g/mol. The van der Waals surface area contributed by atoms with E-state index in [-0.39, 0.29) is 18.0 Å². The molecule has 0 aromatic carbocycles. The van der Waals surface area contributed by atoms with Gasteiger partial charge >= 0.3 is 12.2 Å². The first kappa shape index (κ1) is 19.2. The van der Waals surface area contributed by atoms with E-state index < -0.39 is 11.7 Å². The Bertz CT molecular complexity index is 746. The molecule has 2 aromatic heterocycles. The predicted molar refractivity (Wildman–Crippen MR) is 90.8 cm³/mol. The molecule has 0 saturated carbocycles. The molecule has 0 spiro atoms. The van der Waals surface area contributed by atoms with Crippen LogP contribution >= 0.6 is 0 Å². The molecule has 1 saturated heterocycles. The third kappa shape index (κ3) is 5.23. The number of anilines is 1. The Hall–Kier alpha value is -2.53. The van der Waals surface area contributed by atoms with Gasteiger partial charge in [-0.25, -0.2) is 15.0 Å². The lowest BCUT2D eigenvalue weighted by molar-refractivity contribution is -0.138. The van der Waals surface area contributed by atoms with Gasteiger partial charge in [0.1, 0.15) is 0 Å². The number of hydrogen-bond acceptors (Lipinski definition) is 8. The van der Waals surface area contributed by atoms with Crippen molar-refractivity contribution in [1.82, 2.24) is 25.0 Å². The van der Waals surface area contributed by atoms with Crippen molar-refractivity contribution < 1.29 is 18.0 Å². The van der Waals surface area contributed by atoms with Crippen molar-refractivity contribution in [1.29, 1.82) is 0 Å². The number of aromatic nitrogens is 4. The molecule has 0 aliphatic carbocycles. The lowest BCUT2D eigenvalue weighted by Crippen LogP contribution is -2.48. The maximum absolute atomic E-state index is 12.6. The molecule has 0 amide bonds. The maximum Gasteiger partial charge on any atom is 0.419 e. The highest BCUT2D eigenvalue weighted by Gasteiger charge is 2.32. The smallest absolute Gasteiger partial charge is 0.365 e. The summed E-state index contributed by atoms with van der Waals surface area (Å²) in [5.41, 5.74) is 5.71. The Morgan fingerprint density at radius 2 is 1.81 bits per heavy atom. The van der Waals surface area contributed by atoms with Crippen molar-refractivity contribution in [2.45, 2.75) is 25.6 Å². The monoisotopic (exact) mass is 383 g/mol. The van der Waals surface area contributed by atoms with E-state index in [0.29, 0.717) is 32.6 Å². The van der Waals surface area contributed by atoms with Gasteiger partial charge < -0.3 is 15.5 Å². The highest BCUT2D eigenvalue weighted by atomic mass is 19.4. The first-order chi connectivity index (χ1) is 12.8. The lowest BCUT2D eigenvalue weighted by atomic mass is 10.2. The predicted octanol–water partition coefficient (Wildman–Crippen LogP) is 1.29. The lowest BCUT2D eigenvalue weighted by Gasteiger charge is -2.33. The van der Waals surface area contributed by atoms with Crippen LogP contribution in [0.5, 0.6) is 6.01 Å². The van der Waals surface area contributed by atoms with Crippen LogP contribution in [0.3, 0.4) is 0 Å². The number of nitrogens with two attached hydrogens (primary N) is 1. The molecular formula is C16H20F3N7O. The van der Waals surface area contributed by atoms with E-state index in [1.165, 1.54) is 0 Å². The Kier molecular flexibility index (Phi) is 5.71. The minimum Gasteiger partial charge on any atom is -0.365 e. The van der Waals surface area contributed by atoms with Crippen LogP contribution in [0, 0.1) is 0 Å². The number of hydroxylamine groups is 2. The van der Waals surface area contributed by atoms with Crippen molar-refractivity contribution in [2.24, 2.45) is 5.73 Å². The molecule has 1 aliphatic heterocycles. The molecule has 11 heteroatoms. The average Bonchev–Trinajstić information content (AvgIpc) is 2.61. The van der Waals surface area contributed by atoms with Gasteiger partial charge in [-0.05, 0) is 13.0 Å². The van der Waals surface area contributed by atoms with Gasteiger partial charge in [0.25, 0.3) is 0 Å². The largest absolute Gasteiger partial charge is 0.419 e. The summed E-state index contributed by atoms with van der Waals surface area (Å²) in [7, 11) is 0. The zero-order valence-corrected chi connectivity index (χ0v) is 14.7. The number of rotatable bonds is 5. The second-order valence-electron chi connectivity index (χ2n) is 6.29. The van der Waals surface area contributed by atoms with Gasteiger partial charge in [-0.2, -0.15) is 18.2 Å². The topological polar surface area (TPSA) is 93.3 Å². The van der Waals surface area contributed by atoms with Crippen LogP contribution < -0.4 is 15.5 Å². The van der Waals surface area contributed by atoms with Crippen LogP contribution in [0.4, 0.5) is 19.1 Å². The van der Waals surface area contributed by atoms with Crippen LogP contribution in [0.25, 0.3) is 0 Å². The van der Waals surface area contributed by atoms with Crippen molar-refractivity contribution in [3.63, 3.8) is 0 Å². The summed E-state index contributed by atoms with van der Waals surface area (Å²) in [5.74, 6) is 0.262. The standard InChI is InChI=1S/C16H20F3N7O/c1-11(20)8-13-2-3-21-15(24-13)27-26-6-4-25(5-7-26)14-22-9-12(10-23-14)16(17,18)19/h2-3,9-11H,4-8,20H2,1H3. The van der Waals surface area contributed by atoms with Crippen LogP contribution in [-0.4, -0.2) is 57.2 Å². The van der Waals surface area contributed by atoms with Crippen molar-refractivity contribution in [2.75, 3.05) is 31.1 Å². The van der Waals surface area contributed by atoms with E-state index in [0.717, 1.165) is 18.1 Å². The minimum atomic E-state index is -4.44. The second kappa shape index (κ2) is 8.01. The number of halogens is 3. The Morgan fingerprint density at radius 3 is 2.41 bits per heavy atom. The first-order valence-electron chi connectivity index (χ1n) is 8.46. The molecule has 2 N–H and O–H groups in total. The summed E-state index contributed by atoms with van der Waals surface area (Å²) in [6.45, 7) is 3.91. The molecule has 1 atom stereocenters. The SMILES string of the molecule is CC(N)Cc1ccnc(ON2CCN(c3ncc(C(F)(F)F)cn3)CC2)n1. The maximum atomic E-state index is 12.6. The summed E-state index contributed by atoms with van der Waals surface area (Å²) < 4.78 is 37.7. The third-order valence-corrected chi connectivity index (χ3v) is 3.92. The quantitative estimate of drug-likeness (QED) is 0.826. The van der Waals surface area contributed by atoms with E-state index in [2.05, 4.69) is 19.9 Å². The van der Waals surface area contributed by atoms with Crippen LogP contribution in [0.2, 0.25) is 0 Å². The number of alkyl halides is 3. The molecule has 0 bridgehead atoms. The molecule has 0 radical (unpaired) electrons. The Balaban J connectivity index is 1.55. The molecule has 146 valence electrons. The highest BCUT2D eigenvalue weighted by molar-refractivity contribution is 5.31. The Morgan fingerprint density at radius 1 is 1.15 bits per heavy atom. The molecule has 27 heavy (non-hydrogen) atoms. The second-order valence-corrected chi connectivity index (χ2v) is 6.29. The van der Waals surface area contributed by atoms with Gasteiger partial charge in [0.15, 0.2) is 0 Å².